The summed E-state index contributed by atoms with van der Waals surface area (Å²) in [6.45, 7) is -1.76. The zero-order valence-corrected chi connectivity index (χ0v) is 15.1. The molecule has 28 heavy (non-hydrogen) atoms. The van der Waals surface area contributed by atoms with Crippen molar-refractivity contribution in [2.75, 3.05) is 11.4 Å². The molecule has 1 fully saturated rings. The van der Waals surface area contributed by atoms with Gasteiger partial charge < -0.3 is 15.0 Å². The summed E-state index contributed by atoms with van der Waals surface area (Å²) in [6, 6.07) is 13.5. The van der Waals surface area contributed by atoms with Gasteiger partial charge in [-0.3, -0.25) is 9.59 Å². The largest absolute Gasteiger partial charge is 0.435 e. The highest BCUT2D eigenvalue weighted by atomic mass is 19.3. The number of rotatable bonds is 7. The normalized spacial score (nSPS) is 14.1. The van der Waals surface area contributed by atoms with Crippen molar-refractivity contribution >= 4 is 23.6 Å². The van der Waals surface area contributed by atoms with Crippen LogP contribution in [-0.2, 0) is 16.1 Å². The lowest BCUT2D eigenvalue weighted by Crippen LogP contribution is -2.23. The third kappa shape index (κ3) is 5.39. The van der Waals surface area contributed by atoms with Crippen LogP contribution in [0.4, 0.5) is 14.5 Å². The molecule has 7 heteroatoms. The Morgan fingerprint density at radius 3 is 2.46 bits per heavy atom. The summed E-state index contributed by atoms with van der Waals surface area (Å²) in [5.74, 6) is -0.0672. The Bertz CT molecular complexity index is 849. The molecule has 0 spiro atoms. The summed E-state index contributed by atoms with van der Waals surface area (Å²) in [6.07, 6.45) is 4.43. The first-order chi connectivity index (χ1) is 13.5. The van der Waals surface area contributed by atoms with Crippen molar-refractivity contribution in [1.29, 1.82) is 0 Å². The van der Waals surface area contributed by atoms with Gasteiger partial charge in [-0.15, -0.1) is 0 Å². The minimum absolute atomic E-state index is 0.0654. The van der Waals surface area contributed by atoms with Crippen LogP contribution in [-0.4, -0.2) is 25.0 Å². The third-order valence-electron chi connectivity index (χ3n) is 4.32. The maximum atomic E-state index is 12.1. The predicted molar refractivity (Wildman–Crippen MR) is 102 cm³/mol. The number of carbonyl (C=O) groups excluding carboxylic acids is 2. The zero-order chi connectivity index (χ0) is 19.9. The summed E-state index contributed by atoms with van der Waals surface area (Å²) >= 11 is 0. The molecular formula is C21H20F2N2O3. The molecule has 1 heterocycles. The lowest BCUT2D eigenvalue weighted by atomic mass is 10.2. The van der Waals surface area contributed by atoms with Gasteiger partial charge in [-0.1, -0.05) is 24.3 Å². The Labute approximate surface area is 161 Å². The monoisotopic (exact) mass is 386 g/mol. The van der Waals surface area contributed by atoms with Crippen LogP contribution in [0, 0.1) is 0 Å². The zero-order valence-electron chi connectivity index (χ0n) is 15.1. The molecule has 5 nitrogen and oxygen atoms in total. The van der Waals surface area contributed by atoms with Crippen molar-refractivity contribution in [2.45, 2.75) is 26.0 Å². The van der Waals surface area contributed by atoms with E-state index < -0.39 is 6.61 Å². The van der Waals surface area contributed by atoms with Crippen LogP contribution in [0.1, 0.15) is 24.0 Å². The number of amides is 2. The van der Waals surface area contributed by atoms with Gasteiger partial charge in [-0.2, -0.15) is 8.78 Å². The van der Waals surface area contributed by atoms with Gasteiger partial charge in [0.25, 0.3) is 0 Å². The number of halogens is 2. The molecule has 1 N–H and O–H groups in total. The number of carbonyl (C=O) groups is 2. The molecule has 146 valence electrons. The molecule has 0 aliphatic carbocycles. The molecule has 2 aromatic rings. The number of ether oxygens (including phenoxy) is 1. The van der Waals surface area contributed by atoms with Gasteiger partial charge >= 0.3 is 6.61 Å². The van der Waals surface area contributed by atoms with Gasteiger partial charge in [0.05, 0.1) is 0 Å². The summed E-state index contributed by atoms with van der Waals surface area (Å²) in [4.78, 5) is 25.5. The number of nitrogens with zero attached hydrogens (tertiary/aromatic N) is 1. The molecule has 0 atom stereocenters. The Balaban J connectivity index is 1.48. The predicted octanol–water partition coefficient (Wildman–Crippen LogP) is 3.74. The Morgan fingerprint density at radius 1 is 1.14 bits per heavy atom. The highest BCUT2D eigenvalue weighted by molar-refractivity contribution is 5.95. The first kappa shape index (κ1) is 19.5. The van der Waals surface area contributed by atoms with E-state index in [4.69, 9.17) is 0 Å². The van der Waals surface area contributed by atoms with Crippen LogP contribution in [0.25, 0.3) is 6.08 Å². The average Bonchev–Trinajstić information content (AvgIpc) is 3.12. The molecule has 2 amide bonds. The Kier molecular flexibility index (Phi) is 6.37. The van der Waals surface area contributed by atoms with Gasteiger partial charge in [0.2, 0.25) is 11.8 Å². The van der Waals surface area contributed by atoms with Crippen LogP contribution < -0.4 is 15.0 Å². The van der Waals surface area contributed by atoms with Crippen molar-refractivity contribution in [1.82, 2.24) is 5.32 Å². The van der Waals surface area contributed by atoms with Crippen molar-refractivity contribution in [3.63, 3.8) is 0 Å². The van der Waals surface area contributed by atoms with Crippen LogP contribution in [0.15, 0.2) is 54.6 Å². The summed E-state index contributed by atoms with van der Waals surface area (Å²) in [7, 11) is 0. The maximum absolute atomic E-state index is 12.1. The van der Waals surface area contributed by atoms with Gasteiger partial charge in [0.15, 0.2) is 0 Å². The van der Waals surface area contributed by atoms with E-state index in [1.165, 1.54) is 18.2 Å². The molecule has 1 saturated heterocycles. The minimum atomic E-state index is -2.86. The van der Waals surface area contributed by atoms with Crippen molar-refractivity contribution in [3.05, 3.63) is 65.7 Å². The second-order valence-electron chi connectivity index (χ2n) is 6.31. The topological polar surface area (TPSA) is 58.6 Å². The van der Waals surface area contributed by atoms with Crippen LogP contribution in [0.5, 0.6) is 5.75 Å². The van der Waals surface area contributed by atoms with Crippen LogP contribution in [0.3, 0.4) is 0 Å². The van der Waals surface area contributed by atoms with Crippen LogP contribution >= 0.6 is 0 Å². The maximum Gasteiger partial charge on any atom is 0.387 e. The van der Waals surface area contributed by atoms with E-state index >= 15 is 0 Å². The molecule has 0 saturated carbocycles. The van der Waals surface area contributed by atoms with Crippen molar-refractivity contribution < 1.29 is 23.1 Å². The first-order valence-electron chi connectivity index (χ1n) is 8.91. The van der Waals surface area contributed by atoms with E-state index in [1.807, 2.05) is 24.3 Å². The van der Waals surface area contributed by atoms with Gasteiger partial charge in [0, 0.05) is 31.3 Å². The second kappa shape index (κ2) is 9.12. The Morgan fingerprint density at radius 2 is 1.86 bits per heavy atom. The quantitative estimate of drug-likeness (QED) is 0.738. The van der Waals surface area contributed by atoms with E-state index in [0.717, 1.165) is 24.2 Å². The fourth-order valence-corrected chi connectivity index (χ4v) is 2.90. The summed E-state index contributed by atoms with van der Waals surface area (Å²) < 4.78 is 28.5. The first-order valence-corrected chi connectivity index (χ1v) is 8.91. The fourth-order valence-electron chi connectivity index (χ4n) is 2.90. The number of alkyl halides is 2. The molecule has 0 bridgehead atoms. The van der Waals surface area contributed by atoms with E-state index in [0.29, 0.717) is 18.5 Å². The molecule has 3 rings (SSSR count). The van der Waals surface area contributed by atoms with Gasteiger partial charge in [-0.25, -0.2) is 0 Å². The van der Waals surface area contributed by atoms with E-state index in [-0.39, 0.29) is 17.6 Å². The molecule has 1 aliphatic rings. The van der Waals surface area contributed by atoms with E-state index in [2.05, 4.69) is 10.1 Å². The minimum Gasteiger partial charge on any atom is -0.435 e. The number of hydrogen-bond donors (Lipinski definition) is 1. The van der Waals surface area contributed by atoms with Gasteiger partial charge in [0.1, 0.15) is 5.75 Å². The molecular weight excluding hydrogens is 366 g/mol. The average molecular weight is 386 g/mol. The number of nitrogens with one attached hydrogen (secondary N) is 1. The lowest BCUT2D eigenvalue weighted by molar-refractivity contribution is -0.117. The van der Waals surface area contributed by atoms with Gasteiger partial charge in [-0.05, 0) is 47.9 Å². The van der Waals surface area contributed by atoms with Crippen LogP contribution in [0.2, 0.25) is 0 Å². The summed E-state index contributed by atoms with van der Waals surface area (Å²) in [5.41, 5.74) is 2.48. The summed E-state index contributed by atoms with van der Waals surface area (Å²) in [5, 5.41) is 2.77. The number of anilines is 1. The van der Waals surface area contributed by atoms with E-state index in [9.17, 15) is 18.4 Å². The Hall–Kier alpha value is -3.22. The second-order valence-corrected chi connectivity index (χ2v) is 6.31. The smallest absolute Gasteiger partial charge is 0.387 e. The molecule has 0 aromatic heterocycles. The molecule has 0 radical (unpaired) electrons. The van der Waals surface area contributed by atoms with Crippen molar-refractivity contribution in [3.8, 4) is 5.75 Å². The highest BCUT2D eigenvalue weighted by Gasteiger charge is 2.21. The molecule has 0 unspecified atom stereocenters. The standard InChI is InChI=1S/C21H20F2N2O3/c22-21(23)28-18-10-5-15(6-11-18)7-12-19(26)24-14-16-3-8-17(9-4-16)25-13-1-2-20(25)27/h3-12,21H,1-2,13-14H2,(H,24,26)/b12-7+. The number of hydrogen-bond acceptors (Lipinski definition) is 3. The van der Waals surface area contributed by atoms with E-state index in [1.54, 1.807) is 23.1 Å². The highest BCUT2D eigenvalue weighted by Crippen LogP contribution is 2.21. The fraction of sp³-hybridized carbons (Fsp3) is 0.238. The molecule has 1 aliphatic heterocycles. The SMILES string of the molecule is O=C(/C=C/c1ccc(OC(F)F)cc1)NCc1ccc(N2CCCC2=O)cc1. The lowest BCUT2D eigenvalue weighted by Gasteiger charge is -2.15. The number of benzene rings is 2. The van der Waals surface area contributed by atoms with Crippen molar-refractivity contribution in [2.24, 2.45) is 0 Å². The molecule has 2 aromatic carbocycles. The third-order valence-corrected chi connectivity index (χ3v) is 4.32.